The third-order valence-corrected chi connectivity index (χ3v) is 6.85. The Morgan fingerprint density at radius 1 is 1.22 bits per heavy atom. The number of para-hydroxylation sites is 2. The summed E-state index contributed by atoms with van der Waals surface area (Å²) in [5.74, 6) is -0.175. The largest absolute Gasteiger partial charge is 0.494 e. The summed E-state index contributed by atoms with van der Waals surface area (Å²) in [4.78, 5) is 26.5. The molecular weight excluding hydrogens is 436 g/mol. The van der Waals surface area contributed by atoms with Crippen LogP contribution in [-0.4, -0.2) is 64.6 Å². The summed E-state index contributed by atoms with van der Waals surface area (Å²) in [5.41, 5.74) is 1.14. The third kappa shape index (κ3) is 4.71. The molecule has 0 saturated heterocycles. The van der Waals surface area contributed by atoms with E-state index in [9.17, 15) is 18.0 Å². The summed E-state index contributed by atoms with van der Waals surface area (Å²) in [5, 5.41) is 0. The minimum atomic E-state index is -3.93. The number of fused-ring (bicyclic) bond motifs is 1. The third-order valence-electron chi connectivity index (χ3n) is 5.05. The zero-order valence-electron chi connectivity index (χ0n) is 18.4. The van der Waals surface area contributed by atoms with Crippen LogP contribution in [-0.2, 0) is 24.3 Å². The molecule has 32 heavy (non-hydrogen) atoms. The lowest BCUT2D eigenvalue weighted by Gasteiger charge is -2.34. The van der Waals surface area contributed by atoms with E-state index in [-0.39, 0.29) is 11.4 Å². The van der Waals surface area contributed by atoms with Gasteiger partial charge in [-0.15, -0.1) is 0 Å². The second kappa shape index (κ2) is 9.58. The Hall–Kier alpha value is -3.11. The van der Waals surface area contributed by atoms with Crippen molar-refractivity contribution in [3.05, 3.63) is 48.0 Å². The number of hydrogen-bond acceptors (Lipinski definition) is 7. The van der Waals surface area contributed by atoms with Crippen molar-refractivity contribution in [2.45, 2.75) is 24.8 Å². The number of carbonyl (C=O) groups excluding carboxylic acids is 2. The van der Waals surface area contributed by atoms with Crippen molar-refractivity contribution < 1.29 is 32.2 Å². The number of hydrogen-bond donors (Lipinski definition) is 0. The van der Waals surface area contributed by atoms with E-state index in [1.165, 1.54) is 31.2 Å². The van der Waals surface area contributed by atoms with Crippen LogP contribution in [0.4, 0.5) is 5.69 Å². The van der Waals surface area contributed by atoms with Crippen LogP contribution in [0.5, 0.6) is 11.5 Å². The number of nitrogens with zero attached hydrogens (tertiary/aromatic N) is 2. The van der Waals surface area contributed by atoms with E-state index in [1.54, 1.807) is 37.3 Å². The van der Waals surface area contributed by atoms with Gasteiger partial charge in [-0.3, -0.25) is 4.79 Å². The van der Waals surface area contributed by atoms with Gasteiger partial charge in [-0.2, -0.15) is 4.31 Å². The summed E-state index contributed by atoms with van der Waals surface area (Å²) in [6.07, 6.45) is -1.01. The second-order valence-electron chi connectivity index (χ2n) is 7.22. The fraction of sp³-hybridized carbons (Fsp3) is 0.364. The molecule has 3 rings (SSSR count). The molecule has 0 N–H and O–H groups in total. The molecule has 172 valence electrons. The van der Waals surface area contributed by atoms with Gasteiger partial charge in [0.05, 0.1) is 37.4 Å². The number of benzene rings is 2. The van der Waals surface area contributed by atoms with Crippen LogP contribution in [0.1, 0.15) is 12.5 Å². The van der Waals surface area contributed by atoms with Crippen molar-refractivity contribution in [2.75, 3.05) is 38.8 Å². The predicted octanol–water partition coefficient (Wildman–Crippen LogP) is 1.98. The van der Waals surface area contributed by atoms with Crippen LogP contribution in [0.3, 0.4) is 0 Å². The summed E-state index contributed by atoms with van der Waals surface area (Å²) < 4.78 is 42.9. The van der Waals surface area contributed by atoms with Crippen LogP contribution in [0.15, 0.2) is 47.4 Å². The topological polar surface area (TPSA) is 102 Å². The van der Waals surface area contributed by atoms with Gasteiger partial charge in [0.25, 0.3) is 0 Å². The number of carbonyl (C=O) groups is 2. The molecule has 0 bridgehead atoms. The fourth-order valence-corrected chi connectivity index (χ4v) is 4.57. The van der Waals surface area contributed by atoms with Gasteiger partial charge in [-0.05, 0) is 49.7 Å². The van der Waals surface area contributed by atoms with Crippen LogP contribution < -0.4 is 14.4 Å². The van der Waals surface area contributed by atoms with Gasteiger partial charge in [-0.25, -0.2) is 13.2 Å². The van der Waals surface area contributed by atoms with Crippen molar-refractivity contribution in [3.8, 4) is 11.5 Å². The number of methoxy groups -OCH3 is 1. The van der Waals surface area contributed by atoms with E-state index < -0.39 is 34.5 Å². The lowest BCUT2D eigenvalue weighted by Crippen LogP contribution is -2.50. The predicted molar refractivity (Wildman–Crippen MR) is 117 cm³/mol. The van der Waals surface area contributed by atoms with E-state index in [4.69, 9.17) is 14.2 Å². The van der Waals surface area contributed by atoms with Crippen molar-refractivity contribution in [1.82, 2.24) is 4.31 Å². The highest BCUT2D eigenvalue weighted by molar-refractivity contribution is 7.89. The molecule has 9 nitrogen and oxygen atoms in total. The Morgan fingerprint density at radius 2 is 1.94 bits per heavy atom. The number of ether oxygens (including phenoxy) is 3. The van der Waals surface area contributed by atoms with Gasteiger partial charge >= 0.3 is 5.97 Å². The van der Waals surface area contributed by atoms with Crippen molar-refractivity contribution in [3.63, 3.8) is 0 Å². The molecule has 0 aromatic heterocycles. The first-order valence-corrected chi connectivity index (χ1v) is 11.5. The standard InChI is InChI=1S/C22H26N2O7S/c1-5-30-18-11-10-16(12-15(18)2)32(27,28)23(3)14-21(25)24-13-20(22(26)29-4)31-19-9-7-6-8-17(19)24/h6-12,20H,5,13-14H2,1-4H3. The Bertz CT molecular complexity index is 1120. The Kier molecular flexibility index (Phi) is 7.05. The molecule has 1 heterocycles. The molecule has 0 fully saturated rings. The molecule has 0 aliphatic carbocycles. The molecule has 10 heteroatoms. The summed E-state index contributed by atoms with van der Waals surface area (Å²) in [7, 11) is -1.36. The van der Waals surface area contributed by atoms with Crippen LogP contribution >= 0.6 is 0 Å². The molecular formula is C22H26N2O7S. The maximum atomic E-state index is 13.1. The van der Waals surface area contributed by atoms with Gasteiger partial charge in [0.15, 0.2) is 0 Å². The van der Waals surface area contributed by atoms with Gasteiger partial charge in [0.2, 0.25) is 22.0 Å². The lowest BCUT2D eigenvalue weighted by molar-refractivity contribution is -0.148. The molecule has 1 aliphatic rings. The normalized spacial score (nSPS) is 15.7. The first-order chi connectivity index (χ1) is 15.2. The quantitative estimate of drug-likeness (QED) is 0.580. The fourth-order valence-electron chi connectivity index (χ4n) is 3.37. The van der Waals surface area contributed by atoms with Crippen molar-refractivity contribution in [2.24, 2.45) is 0 Å². The minimum absolute atomic E-state index is 0.0589. The Balaban J connectivity index is 1.82. The molecule has 2 aromatic rings. The van der Waals surface area contributed by atoms with Crippen LogP contribution in [0, 0.1) is 6.92 Å². The van der Waals surface area contributed by atoms with Gasteiger partial charge in [0.1, 0.15) is 11.5 Å². The monoisotopic (exact) mass is 462 g/mol. The Labute approximate surface area is 187 Å². The minimum Gasteiger partial charge on any atom is -0.494 e. The van der Waals surface area contributed by atoms with Crippen LogP contribution in [0.2, 0.25) is 0 Å². The van der Waals surface area contributed by atoms with Gasteiger partial charge < -0.3 is 19.1 Å². The highest BCUT2D eigenvalue weighted by Crippen LogP contribution is 2.33. The van der Waals surface area contributed by atoms with E-state index in [2.05, 4.69) is 0 Å². The highest BCUT2D eigenvalue weighted by atomic mass is 32.2. The molecule has 0 saturated carbocycles. The number of rotatable bonds is 7. The highest BCUT2D eigenvalue weighted by Gasteiger charge is 2.35. The smallest absolute Gasteiger partial charge is 0.348 e. The first kappa shape index (κ1) is 23.6. The average molecular weight is 463 g/mol. The molecule has 1 aliphatic heterocycles. The molecule has 1 unspecified atom stereocenters. The molecule has 2 aromatic carbocycles. The molecule has 0 radical (unpaired) electrons. The summed E-state index contributed by atoms with van der Waals surface area (Å²) in [6.45, 7) is 3.56. The van der Waals surface area contributed by atoms with Gasteiger partial charge in [0, 0.05) is 7.05 Å². The maximum absolute atomic E-state index is 13.1. The summed E-state index contributed by atoms with van der Waals surface area (Å²) in [6, 6.07) is 11.3. The average Bonchev–Trinajstić information content (AvgIpc) is 2.78. The number of amides is 1. The van der Waals surface area contributed by atoms with E-state index in [0.29, 0.717) is 29.4 Å². The first-order valence-electron chi connectivity index (χ1n) is 10.0. The molecule has 1 atom stereocenters. The molecule has 0 spiro atoms. The zero-order valence-corrected chi connectivity index (χ0v) is 19.2. The van der Waals surface area contributed by atoms with E-state index >= 15 is 0 Å². The van der Waals surface area contributed by atoms with Crippen molar-refractivity contribution >= 4 is 27.6 Å². The van der Waals surface area contributed by atoms with Crippen LogP contribution in [0.25, 0.3) is 0 Å². The lowest BCUT2D eigenvalue weighted by atomic mass is 10.2. The molecule has 1 amide bonds. The second-order valence-corrected chi connectivity index (χ2v) is 9.27. The van der Waals surface area contributed by atoms with E-state index in [0.717, 1.165) is 4.31 Å². The van der Waals surface area contributed by atoms with E-state index in [1.807, 2.05) is 6.92 Å². The number of likely N-dealkylation sites (N-methyl/N-ethyl adjacent to an activating group) is 1. The number of esters is 1. The maximum Gasteiger partial charge on any atom is 0.348 e. The SMILES string of the molecule is CCOc1ccc(S(=O)(=O)N(C)CC(=O)N2CC(C(=O)OC)Oc3ccccc32)cc1C. The Morgan fingerprint density at radius 3 is 2.59 bits per heavy atom. The van der Waals surface area contributed by atoms with Crippen molar-refractivity contribution in [1.29, 1.82) is 0 Å². The number of sulfonamides is 1. The summed E-state index contributed by atoms with van der Waals surface area (Å²) >= 11 is 0. The van der Waals surface area contributed by atoms with Gasteiger partial charge in [-0.1, -0.05) is 12.1 Å². The number of aryl methyl sites for hydroxylation is 1. The number of anilines is 1. The zero-order chi connectivity index (χ0) is 23.5.